The van der Waals surface area contributed by atoms with E-state index in [1.165, 1.54) is 93.7 Å². The summed E-state index contributed by atoms with van der Waals surface area (Å²) in [6.45, 7) is 0. The van der Waals surface area contributed by atoms with Crippen molar-refractivity contribution in [3.63, 3.8) is 0 Å². The second-order valence-electron chi connectivity index (χ2n) is 14.2. The molecule has 0 aliphatic heterocycles. The van der Waals surface area contributed by atoms with Crippen LogP contribution in [0.2, 0.25) is 0 Å². The van der Waals surface area contributed by atoms with Crippen molar-refractivity contribution in [1.29, 1.82) is 0 Å². The van der Waals surface area contributed by atoms with Crippen molar-refractivity contribution in [3.8, 4) is 11.1 Å². The molecule has 1 N–H and O–H groups in total. The van der Waals surface area contributed by atoms with Crippen LogP contribution in [-0.2, 0) is 5.41 Å². The molecule has 8 bridgehead atoms. The molecule has 8 aliphatic carbocycles. The first-order valence-electron chi connectivity index (χ1n) is 14.4. The number of aromatic carboxylic acids is 1. The molecule has 2 nitrogen and oxygen atoms in total. The van der Waals surface area contributed by atoms with E-state index in [-0.39, 0.29) is 5.41 Å². The molecule has 8 saturated carbocycles. The van der Waals surface area contributed by atoms with Gasteiger partial charge in [-0.2, -0.15) is 0 Å². The predicted molar refractivity (Wildman–Crippen MR) is 138 cm³/mol. The maximum Gasteiger partial charge on any atom is 0.335 e. The topological polar surface area (TPSA) is 37.3 Å². The number of benzene rings is 2. The molecule has 8 aliphatic rings. The minimum absolute atomic E-state index is 0.0614. The van der Waals surface area contributed by atoms with Gasteiger partial charge in [0.25, 0.3) is 0 Å². The predicted octanol–water partition coefficient (Wildman–Crippen LogP) is 8.11. The van der Waals surface area contributed by atoms with Gasteiger partial charge in [-0.1, -0.05) is 36.4 Å². The van der Waals surface area contributed by atoms with Crippen molar-refractivity contribution >= 4 is 5.97 Å². The highest BCUT2D eigenvalue weighted by Gasteiger charge is 2.68. The average Bonchev–Trinajstić information content (AvgIpc) is 2.82. The summed E-state index contributed by atoms with van der Waals surface area (Å²) >= 11 is 0. The van der Waals surface area contributed by atoms with Crippen molar-refractivity contribution < 1.29 is 9.90 Å². The Labute approximate surface area is 209 Å². The van der Waals surface area contributed by atoms with Crippen molar-refractivity contribution in [2.45, 2.75) is 82.5 Å². The molecule has 10 rings (SSSR count). The van der Waals surface area contributed by atoms with Gasteiger partial charge in [0.05, 0.1) is 5.56 Å². The number of carbonyl (C=O) groups is 1. The number of rotatable bonds is 4. The Morgan fingerprint density at radius 1 is 0.657 bits per heavy atom. The van der Waals surface area contributed by atoms with Crippen molar-refractivity contribution in [1.82, 2.24) is 0 Å². The molecule has 0 amide bonds. The lowest BCUT2D eigenvalue weighted by Crippen LogP contribution is -2.63. The third-order valence-corrected chi connectivity index (χ3v) is 12.2. The number of carboxylic acids is 1. The zero-order valence-electron chi connectivity index (χ0n) is 20.8. The molecule has 2 atom stereocenters. The lowest BCUT2D eigenvalue weighted by atomic mass is 9.32. The minimum Gasteiger partial charge on any atom is -0.478 e. The van der Waals surface area contributed by atoms with E-state index < -0.39 is 5.97 Å². The van der Waals surface area contributed by atoms with E-state index >= 15 is 0 Å². The number of hydrogen-bond donors (Lipinski definition) is 1. The fourth-order valence-electron chi connectivity index (χ4n) is 11.9. The Balaban J connectivity index is 1.26. The van der Waals surface area contributed by atoms with Gasteiger partial charge in [-0.15, -0.1) is 0 Å². The largest absolute Gasteiger partial charge is 0.478 e. The quantitative estimate of drug-likeness (QED) is 0.494. The Hall–Kier alpha value is -2.09. The zero-order valence-corrected chi connectivity index (χ0v) is 20.8. The molecule has 0 saturated heterocycles. The molecule has 2 heteroatoms. The van der Waals surface area contributed by atoms with Gasteiger partial charge in [-0.3, -0.25) is 0 Å². The van der Waals surface area contributed by atoms with Gasteiger partial charge in [0.15, 0.2) is 0 Å². The standard InChI is InChI=1S/C33H38O2/c34-30(35)28-7-6-27(26-4-2-1-3-5-26)12-29(28)31-13-24-11-25(14-31)19-33(18-24,20-31)32-15-21-8-22(16-32)10-23(9-21)17-32/h1-7,12,21-25H,8-11,13-20H2,(H,34,35). The highest BCUT2D eigenvalue weighted by molar-refractivity contribution is 5.91. The van der Waals surface area contributed by atoms with Crippen molar-refractivity contribution in [3.05, 3.63) is 59.7 Å². The van der Waals surface area contributed by atoms with Crippen LogP contribution < -0.4 is 0 Å². The molecule has 0 heterocycles. The summed E-state index contributed by atoms with van der Waals surface area (Å²) < 4.78 is 0. The minimum atomic E-state index is -0.737. The molecule has 2 aromatic rings. The van der Waals surface area contributed by atoms with E-state index in [0.29, 0.717) is 16.4 Å². The number of carboxylic acid groups (broad SMARTS) is 1. The molecule has 2 unspecified atom stereocenters. The summed E-state index contributed by atoms with van der Waals surface area (Å²) in [6, 6.07) is 16.8. The van der Waals surface area contributed by atoms with Crippen LogP contribution in [-0.4, -0.2) is 11.1 Å². The van der Waals surface area contributed by atoms with Gasteiger partial charge < -0.3 is 5.11 Å². The Bertz CT molecular complexity index is 1140. The SMILES string of the molecule is O=C(O)c1ccc(-c2ccccc2)cc1C12CC3CC(C1)CC(C14CC5CC(CC(C5)C1)C4)(C3)C2. The first-order valence-corrected chi connectivity index (χ1v) is 14.4. The summed E-state index contributed by atoms with van der Waals surface area (Å²) in [5.41, 5.74) is 5.22. The lowest BCUT2D eigenvalue weighted by Gasteiger charge is -2.72. The van der Waals surface area contributed by atoms with Crippen LogP contribution in [0.25, 0.3) is 11.1 Å². The third-order valence-electron chi connectivity index (χ3n) is 12.2. The summed E-state index contributed by atoms with van der Waals surface area (Å²) in [5.74, 6) is 3.82. The highest BCUT2D eigenvalue weighted by atomic mass is 16.4. The second-order valence-corrected chi connectivity index (χ2v) is 14.2. The summed E-state index contributed by atoms with van der Waals surface area (Å²) in [4.78, 5) is 12.6. The average molecular weight is 467 g/mol. The molecule has 0 spiro atoms. The number of hydrogen-bond acceptors (Lipinski definition) is 1. The lowest BCUT2D eigenvalue weighted by molar-refractivity contribution is -0.206. The maximum absolute atomic E-state index is 12.6. The zero-order chi connectivity index (χ0) is 23.4. The Morgan fingerprint density at radius 2 is 1.23 bits per heavy atom. The molecule has 35 heavy (non-hydrogen) atoms. The van der Waals surface area contributed by atoms with Crippen LogP contribution in [0.5, 0.6) is 0 Å². The van der Waals surface area contributed by atoms with Crippen LogP contribution in [0.4, 0.5) is 0 Å². The molecule has 0 radical (unpaired) electrons. The second kappa shape index (κ2) is 7.02. The first kappa shape index (κ1) is 21.0. The molecule has 8 fully saturated rings. The molecule has 0 aromatic heterocycles. The van der Waals surface area contributed by atoms with Crippen LogP contribution >= 0.6 is 0 Å². The van der Waals surface area contributed by atoms with E-state index in [0.717, 1.165) is 29.6 Å². The fourth-order valence-corrected chi connectivity index (χ4v) is 11.9. The normalized spacial score (nSPS) is 44.6. The monoisotopic (exact) mass is 466 g/mol. The summed E-state index contributed by atoms with van der Waals surface area (Å²) in [5, 5.41) is 10.3. The van der Waals surface area contributed by atoms with E-state index in [4.69, 9.17) is 0 Å². The van der Waals surface area contributed by atoms with Gasteiger partial charge >= 0.3 is 5.97 Å². The van der Waals surface area contributed by atoms with E-state index in [1.54, 1.807) is 0 Å². The van der Waals surface area contributed by atoms with Gasteiger partial charge in [0, 0.05) is 0 Å². The maximum atomic E-state index is 12.6. The summed E-state index contributed by atoms with van der Waals surface area (Å²) in [7, 11) is 0. The molecular weight excluding hydrogens is 428 g/mol. The van der Waals surface area contributed by atoms with Crippen molar-refractivity contribution in [2.75, 3.05) is 0 Å². The van der Waals surface area contributed by atoms with Gasteiger partial charge in [-0.25, -0.2) is 4.79 Å². The van der Waals surface area contributed by atoms with Crippen LogP contribution in [0.3, 0.4) is 0 Å². The van der Waals surface area contributed by atoms with E-state index in [2.05, 4.69) is 36.4 Å². The van der Waals surface area contributed by atoms with Gasteiger partial charge in [0.2, 0.25) is 0 Å². The Kier molecular flexibility index (Phi) is 4.22. The van der Waals surface area contributed by atoms with Gasteiger partial charge in [0.1, 0.15) is 0 Å². The summed E-state index contributed by atoms with van der Waals surface area (Å²) in [6.07, 6.45) is 17.0. The first-order chi connectivity index (χ1) is 16.9. The molecule has 2 aromatic carbocycles. The fraction of sp³-hybridized carbons (Fsp3) is 0.606. The molecule has 182 valence electrons. The van der Waals surface area contributed by atoms with E-state index in [9.17, 15) is 9.90 Å². The van der Waals surface area contributed by atoms with Gasteiger partial charge in [-0.05, 0) is 152 Å². The third kappa shape index (κ3) is 2.92. The Morgan fingerprint density at radius 3 is 1.83 bits per heavy atom. The van der Waals surface area contributed by atoms with Crippen LogP contribution in [0, 0.1) is 40.4 Å². The highest BCUT2D eigenvalue weighted by Crippen LogP contribution is 2.77. The van der Waals surface area contributed by atoms with E-state index in [1.807, 2.05) is 12.1 Å². The van der Waals surface area contributed by atoms with Crippen LogP contribution in [0.15, 0.2) is 48.5 Å². The smallest absolute Gasteiger partial charge is 0.335 e. The van der Waals surface area contributed by atoms with Crippen LogP contribution in [0.1, 0.15) is 93.0 Å². The molecular formula is C33H38O2. The van der Waals surface area contributed by atoms with Crippen molar-refractivity contribution in [2.24, 2.45) is 40.4 Å².